The van der Waals surface area contributed by atoms with Crippen molar-refractivity contribution >= 4 is 5.69 Å². The zero-order chi connectivity index (χ0) is 13.1. The molecule has 0 unspecified atom stereocenters. The Kier molecular flexibility index (Phi) is 7.93. The molecule has 4 heteroatoms. The van der Waals surface area contributed by atoms with Crippen LogP contribution < -0.4 is 10.9 Å². The van der Waals surface area contributed by atoms with Crippen LogP contribution in [0.4, 0.5) is 5.69 Å². The highest BCUT2D eigenvalue weighted by molar-refractivity contribution is 5.38. The topological polar surface area (TPSA) is 57.8 Å². The number of hydrogen-bond donors (Lipinski definition) is 2. The lowest BCUT2D eigenvalue weighted by molar-refractivity contribution is 0.581. The number of H-pyrrole nitrogens is 1. The molecular formula is C14H25N3O. The summed E-state index contributed by atoms with van der Waals surface area (Å²) in [6, 6.07) is 1.54. The van der Waals surface area contributed by atoms with E-state index in [2.05, 4.69) is 22.4 Å². The third-order valence-corrected chi connectivity index (χ3v) is 3.02. The maximum atomic E-state index is 11.0. The Morgan fingerprint density at radius 3 is 2.44 bits per heavy atom. The summed E-state index contributed by atoms with van der Waals surface area (Å²) in [5, 5.41) is 9.32. The highest BCUT2D eigenvalue weighted by Gasteiger charge is 1.94. The molecule has 0 radical (unpaired) electrons. The fraction of sp³-hybridized carbons (Fsp3) is 0.714. The predicted octanol–water partition coefficient (Wildman–Crippen LogP) is 3.32. The van der Waals surface area contributed by atoms with Crippen LogP contribution in [-0.2, 0) is 0 Å². The normalized spacial score (nSPS) is 10.5. The fourth-order valence-electron chi connectivity index (χ4n) is 1.96. The number of anilines is 1. The van der Waals surface area contributed by atoms with Gasteiger partial charge in [-0.1, -0.05) is 51.9 Å². The first-order chi connectivity index (χ1) is 8.83. The third kappa shape index (κ3) is 7.09. The monoisotopic (exact) mass is 251 g/mol. The zero-order valence-corrected chi connectivity index (χ0v) is 11.4. The molecule has 1 aromatic heterocycles. The van der Waals surface area contributed by atoms with E-state index in [4.69, 9.17) is 0 Å². The molecule has 0 spiro atoms. The Labute approximate surface area is 109 Å². The highest BCUT2D eigenvalue weighted by atomic mass is 16.1. The van der Waals surface area contributed by atoms with Crippen molar-refractivity contribution in [2.24, 2.45) is 0 Å². The number of unbranched alkanes of at least 4 members (excludes halogenated alkanes) is 7. The molecule has 0 saturated heterocycles. The van der Waals surface area contributed by atoms with E-state index < -0.39 is 0 Å². The minimum absolute atomic E-state index is 0.157. The summed E-state index contributed by atoms with van der Waals surface area (Å²) in [5.41, 5.74) is 0.651. The average molecular weight is 251 g/mol. The van der Waals surface area contributed by atoms with Gasteiger partial charge in [-0.05, 0) is 6.42 Å². The average Bonchev–Trinajstić information content (AvgIpc) is 2.37. The molecule has 0 bridgehead atoms. The lowest BCUT2D eigenvalue weighted by Gasteiger charge is -2.05. The lowest BCUT2D eigenvalue weighted by atomic mass is 10.1. The van der Waals surface area contributed by atoms with E-state index in [9.17, 15) is 4.79 Å². The first kappa shape index (κ1) is 14.7. The van der Waals surface area contributed by atoms with Gasteiger partial charge in [0.2, 0.25) is 0 Å². The van der Waals surface area contributed by atoms with Gasteiger partial charge in [0.1, 0.15) is 0 Å². The van der Waals surface area contributed by atoms with Crippen LogP contribution in [0, 0.1) is 0 Å². The van der Waals surface area contributed by atoms with Crippen molar-refractivity contribution in [2.45, 2.75) is 58.3 Å². The maximum absolute atomic E-state index is 11.0. The van der Waals surface area contributed by atoms with Crippen molar-refractivity contribution in [3.8, 4) is 0 Å². The Morgan fingerprint density at radius 1 is 1.11 bits per heavy atom. The van der Waals surface area contributed by atoms with Crippen LogP contribution >= 0.6 is 0 Å². The summed E-state index contributed by atoms with van der Waals surface area (Å²) in [4.78, 5) is 11.0. The molecule has 0 saturated carbocycles. The smallest absolute Gasteiger partial charge is 0.266 e. The molecule has 0 fully saturated rings. The number of nitrogens with one attached hydrogen (secondary N) is 2. The maximum Gasteiger partial charge on any atom is 0.266 e. The van der Waals surface area contributed by atoms with E-state index in [1.165, 1.54) is 51.0 Å². The Bertz CT molecular complexity index is 362. The van der Waals surface area contributed by atoms with Gasteiger partial charge in [0.25, 0.3) is 5.56 Å². The SMILES string of the molecule is CCCCCCCCCCNc1cn[nH]c(=O)c1. The Morgan fingerprint density at radius 2 is 1.78 bits per heavy atom. The first-order valence-corrected chi connectivity index (χ1v) is 7.11. The molecule has 18 heavy (non-hydrogen) atoms. The number of hydrogen-bond acceptors (Lipinski definition) is 3. The van der Waals surface area contributed by atoms with Crippen LogP contribution in [0.3, 0.4) is 0 Å². The van der Waals surface area contributed by atoms with Crippen molar-refractivity contribution < 1.29 is 0 Å². The number of aromatic nitrogens is 2. The minimum atomic E-state index is -0.157. The second-order valence-electron chi connectivity index (χ2n) is 4.74. The van der Waals surface area contributed by atoms with E-state index >= 15 is 0 Å². The molecule has 1 aromatic rings. The minimum Gasteiger partial charge on any atom is -0.384 e. The molecule has 0 amide bonds. The van der Waals surface area contributed by atoms with Gasteiger partial charge in [0.05, 0.1) is 11.9 Å². The second-order valence-corrected chi connectivity index (χ2v) is 4.74. The van der Waals surface area contributed by atoms with Crippen molar-refractivity contribution in [2.75, 3.05) is 11.9 Å². The van der Waals surface area contributed by atoms with Crippen LogP contribution in [0.1, 0.15) is 58.3 Å². The van der Waals surface area contributed by atoms with Gasteiger partial charge in [-0.2, -0.15) is 5.10 Å². The molecular weight excluding hydrogens is 226 g/mol. The van der Waals surface area contributed by atoms with Crippen LogP contribution in [0.25, 0.3) is 0 Å². The highest BCUT2D eigenvalue weighted by Crippen LogP contribution is 2.08. The van der Waals surface area contributed by atoms with E-state index in [0.717, 1.165) is 18.7 Å². The van der Waals surface area contributed by atoms with Gasteiger partial charge in [-0.3, -0.25) is 4.79 Å². The molecule has 0 aliphatic rings. The van der Waals surface area contributed by atoms with Gasteiger partial charge in [0, 0.05) is 12.6 Å². The first-order valence-electron chi connectivity index (χ1n) is 7.11. The molecule has 0 atom stereocenters. The van der Waals surface area contributed by atoms with Gasteiger partial charge in [0.15, 0.2) is 0 Å². The Hall–Kier alpha value is -1.32. The van der Waals surface area contributed by atoms with Crippen molar-refractivity contribution in [1.82, 2.24) is 10.2 Å². The van der Waals surface area contributed by atoms with Crippen molar-refractivity contribution in [1.29, 1.82) is 0 Å². The van der Waals surface area contributed by atoms with Gasteiger partial charge < -0.3 is 5.32 Å². The van der Waals surface area contributed by atoms with Crippen molar-refractivity contribution in [3.63, 3.8) is 0 Å². The molecule has 0 aliphatic carbocycles. The predicted molar refractivity (Wildman–Crippen MR) is 76.0 cm³/mol. The van der Waals surface area contributed by atoms with Crippen LogP contribution in [0.2, 0.25) is 0 Å². The molecule has 0 aliphatic heterocycles. The Balaban J connectivity index is 1.94. The molecule has 4 nitrogen and oxygen atoms in total. The summed E-state index contributed by atoms with van der Waals surface area (Å²) >= 11 is 0. The standard InChI is InChI=1S/C14H25N3O/c1-2-3-4-5-6-7-8-9-10-15-13-11-14(18)17-16-12-13/h11-12H,2-10H2,1H3,(H2,15,17,18). The van der Waals surface area contributed by atoms with Crippen LogP contribution in [-0.4, -0.2) is 16.7 Å². The number of nitrogens with zero attached hydrogens (tertiary/aromatic N) is 1. The number of rotatable bonds is 10. The fourth-order valence-corrected chi connectivity index (χ4v) is 1.96. The lowest BCUT2D eigenvalue weighted by Crippen LogP contribution is -2.09. The molecule has 102 valence electrons. The summed E-state index contributed by atoms with van der Waals surface area (Å²) in [5.74, 6) is 0. The van der Waals surface area contributed by atoms with E-state index in [1.54, 1.807) is 6.20 Å². The zero-order valence-electron chi connectivity index (χ0n) is 11.4. The van der Waals surface area contributed by atoms with Crippen LogP contribution in [0.5, 0.6) is 0 Å². The van der Waals surface area contributed by atoms with E-state index in [1.807, 2.05) is 0 Å². The van der Waals surface area contributed by atoms with Gasteiger partial charge in [-0.25, -0.2) is 5.10 Å². The summed E-state index contributed by atoms with van der Waals surface area (Å²) in [6.45, 7) is 3.16. The van der Waals surface area contributed by atoms with Crippen molar-refractivity contribution in [3.05, 3.63) is 22.6 Å². The van der Waals surface area contributed by atoms with Gasteiger partial charge >= 0.3 is 0 Å². The largest absolute Gasteiger partial charge is 0.384 e. The van der Waals surface area contributed by atoms with Gasteiger partial charge in [-0.15, -0.1) is 0 Å². The molecule has 2 N–H and O–H groups in total. The van der Waals surface area contributed by atoms with Crippen LogP contribution in [0.15, 0.2) is 17.1 Å². The summed E-state index contributed by atoms with van der Waals surface area (Å²) in [7, 11) is 0. The molecule has 0 aromatic carbocycles. The third-order valence-electron chi connectivity index (χ3n) is 3.02. The van der Waals surface area contributed by atoms with E-state index in [-0.39, 0.29) is 5.56 Å². The van der Waals surface area contributed by atoms with E-state index in [0.29, 0.717) is 0 Å². The summed E-state index contributed by atoms with van der Waals surface area (Å²) < 4.78 is 0. The molecule has 1 rings (SSSR count). The number of aromatic amines is 1. The quantitative estimate of drug-likeness (QED) is 0.627. The second kappa shape index (κ2) is 9.68. The molecule has 1 heterocycles. The summed E-state index contributed by atoms with van der Waals surface area (Å²) in [6.07, 6.45) is 12.2.